The summed E-state index contributed by atoms with van der Waals surface area (Å²) in [5.41, 5.74) is 0. The lowest BCUT2D eigenvalue weighted by Crippen LogP contribution is -2.60. The van der Waals surface area contributed by atoms with E-state index in [1.165, 1.54) is 154 Å². The van der Waals surface area contributed by atoms with Crippen LogP contribution >= 0.6 is 0 Å². The Morgan fingerprint density at radius 1 is 0.500 bits per heavy atom. The van der Waals surface area contributed by atoms with Crippen molar-refractivity contribution in [3.05, 3.63) is 0 Å². The number of hydrogen-bond donors (Lipinski definition) is 4. The number of rotatable bonds is 42. The standard InChI is InChI=1S/C47H90O12S/c1-3-5-7-9-11-13-15-17-19-20-21-22-24-25-27-29-31-33-35-42(48)56-37-40(38-57-47-46(52)45(51)44(50)41(59-47)39-60(53,54)55)58-43(49)36-34-32-30-28-26-23-18-16-14-12-10-8-6-4-2/h40-41,44-47,50-52H,3-39H2,1-2H3,(H,53,54,55)/t40-,41-,44-,45?,46?,47+/m1/s1. The zero-order valence-corrected chi connectivity index (χ0v) is 38.9. The van der Waals surface area contributed by atoms with Crippen molar-refractivity contribution in [2.75, 3.05) is 19.0 Å². The Morgan fingerprint density at radius 3 is 1.22 bits per heavy atom. The quantitative estimate of drug-likeness (QED) is 0.0259. The maximum Gasteiger partial charge on any atom is 0.306 e. The molecule has 0 bridgehead atoms. The van der Waals surface area contributed by atoms with E-state index in [-0.39, 0.29) is 19.4 Å². The van der Waals surface area contributed by atoms with Crippen LogP contribution in [0.5, 0.6) is 0 Å². The van der Waals surface area contributed by atoms with Crippen molar-refractivity contribution in [1.82, 2.24) is 0 Å². The van der Waals surface area contributed by atoms with Crippen molar-refractivity contribution in [2.45, 2.75) is 269 Å². The van der Waals surface area contributed by atoms with E-state index < -0.39 is 71.2 Å². The van der Waals surface area contributed by atoms with Crippen molar-refractivity contribution < 1.29 is 56.8 Å². The topological polar surface area (TPSA) is 186 Å². The molecule has 0 saturated carbocycles. The first-order chi connectivity index (χ1) is 29.0. The number of aliphatic hydroxyl groups is 3. The predicted octanol–water partition coefficient (Wildman–Crippen LogP) is 10.5. The van der Waals surface area contributed by atoms with Crippen LogP contribution in [0.1, 0.15) is 232 Å². The van der Waals surface area contributed by atoms with Crippen molar-refractivity contribution in [3.63, 3.8) is 0 Å². The van der Waals surface area contributed by atoms with Crippen LogP contribution in [0.4, 0.5) is 0 Å². The summed E-state index contributed by atoms with van der Waals surface area (Å²) >= 11 is 0. The van der Waals surface area contributed by atoms with Gasteiger partial charge in [-0.1, -0.05) is 206 Å². The molecule has 6 atom stereocenters. The van der Waals surface area contributed by atoms with Crippen molar-refractivity contribution >= 4 is 22.1 Å². The molecule has 0 amide bonds. The van der Waals surface area contributed by atoms with Crippen LogP contribution in [0.25, 0.3) is 0 Å². The summed E-state index contributed by atoms with van der Waals surface area (Å²) in [5, 5.41) is 30.9. The van der Waals surface area contributed by atoms with Gasteiger partial charge in [0.15, 0.2) is 12.4 Å². The van der Waals surface area contributed by atoms with Gasteiger partial charge < -0.3 is 34.3 Å². The zero-order valence-electron chi connectivity index (χ0n) is 38.1. The first-order valence-electron chi connectivity index (χ1n) is 24.6. The van der Waals surface area contributed by atoms with Crippen molar-refractivity contribution in [2.24, 2.45) is 0 Å². The minimum absolute atomic E-state index is 0.172. The second kappa shape index (κ2) is 38.1. The summed E-state index contributed by atoms with van der Waals surface area (Å²) in [6.07, 6.45) is 30.0. The van der Waals surface area contributed by atoms with Gasteiger partial charge in [-0.25, -0.2) is 0 Å². The molecule has 1 aliphatic rings. The third-order valence-corrected chi connectivity index (χ3v) is 12.4. The van der Waals surface area contributed by atoms with Gasteiger partial charge in [0.1, 0.15) is 36.8 Å². The number of ether oxygens (including phenoxy) is 4. The second-order valence-electron chi connectivity index (χ2n) is 17.5. The van der Waals surface area contributed by atoms with Gasteiger partial charge in [0.25, 0.3) is 10.1 Å². The van der Waals surface area contributed by atoms with E-state index >= 15 is 0 Å². The maximum absolute atomic E-state index is 12.8. The molecule has 1 fully saturated rings. The lowest BCUT2D eigenvalue weighted by molar-refractivity contribution is -0.297. The molecule has 0 aromatic carbocycles. The molecule has 0 radical (unpaired) electrons. The highest BCUT2D eigenvalue weighted by Crippen LogP contribution is 2.24. The van der Waals surface area contributed by atoms with Crippen LogP contribution in [-0.2, 0) is 38.7 Å². The number of carbonyl (C=O) groups is 2. The monoisotopic (exact) mass is 879 g/mol. The highest BCUT2D eigenvalue weighted by molar-refractivity contribution is 7.85. The molecule has 60 heavy (non-hydrogen) atoms. The van der Waals surface area contributed by atoms with Crippen LogP contribution in [0.3, 0.4) is 0 Å². The molecule has 12 nitrogen and oxygen atoms in total. The largest absolute Gasteiger partial charge is 0.462 e. The first-order valence-corrected chi connectivity index (χ1v) is 26.2. The first kappa shape index (κ1) is 56.7. The Labute approximate surface area is 365 Å². The Morgan fingerprint density at radius 2 is 0.850 bits per heavy atom. The smallest absolute Gasteiger partial charge is 0.306 e. The van der Waals surface area contributed by atoms with Gasteiger partial charge in [0.2, 0.25) is 0 Å². The zero-order chi connectivity index (χ0) is 44.1. The molecule has 0 aliphatic carbocycles. The summed E-state index contributed by atoms with van der Waals surface area (Å²) in [5.74, 6) is -1.96. The van der Waals surface area contributed by atoms with Crippen LogP contribution in [-0.4, -0.2) is 96.0 Å². The lowest BCUT2D eigenvalue weighted by atomic mass is 10.00. The van der Waals surface area contributed by atoms with Gasteiger partial charge in [0, 0.05) is 12.8 Å². The van der Waals surface area contributed by atoms with Crippen molar-refractivity contribution in [1.29, 1.82) is 0 Å². The number of unbranched alkanes of at least 4 members (excludes halogenated alkanes) is 30. The van der Waals surface area contributed by atoms with E-state index in [4.69, 9.17) is 18.9 Å². The lowest BCUT2D eigenvalue weighted by Gasteiger charge is -2.40. The highest BCUT2D eigenvalue weighted by atomic mass is 32.2. The third kappa shape index (κ3) is 32.3. The molecule has 13 heteroatoms. The number of hydrogen-bond acceptors (Lipinski definition) is 11. The Hall–Kier alpha value is -1.35. The molecule has 0 aromatic heterocycles. The molecular weight excluding hydrogens is 789 g/mol. The molecule has 1 aliphatic heterocycles. The highest BCUT2D eigenvalue weighted by Gasteiger charge is 2.46. The van der Waals surface area contributed by atoms with Crippen LogP contribution in [0, 0.1) is 0 Å². The molecule has 1 heterocycles. The van der Waals surface area contributed by atoms with Gasteiger partial charge in [-0.3, -0.25) is 14.1 Å². The summed E-state index contributed by atoms with van der Waals surface area (Å²) in [6, 6.07) is 0. The Kier molecular flexibility index (Phi) is 36.0. The molecule has 1 saturated heterocycles. The Balaban J connectivity index is 2.37. The van der Waals surface area contributed by atoms with Crippen LogP contribution in [0.2, 0.25) is 0 Å². The summed E-state index contributed by atoms with van der Waals surface area (Å²) < 4.78 is 54.1. The summed E-state index contributed by atoms with van der Waals surface area (Å²) in [7, 11) is -4.60. The van der Waals surface area contributed by atoms with Gasteiger partial charge in [-0.15, -0.1) is 0 Å². The molecule has 0 aromatic rings. The van der Waals surface area contributed by atoms with E-state index in [0.29, 0.717) is 12.8 Å². The summed E-state index contributed by atoms with van der Waals surface area (Å²) in [4.78, 5) is 25.5. The second-order valence-corrected chi connectivity index (χ2v) is 19.0. The fourth-order valence-electron chi connectivity index (χ4n) is 7.86. The molecule has 0 spiro atoms. The molecule has 2 unspecified atom stereocenters. The van der Waals surface area contributed by atoms with Crippen molar-refractivity contribution in [3.8, 4) is 0 Å². The van der Waals surface area contributed by atoms with Gasteiger partial charge >= 0.3 is 11.9 Å². The minimum atomic E-state index is -4.60. The molecular formula is C47H90O12S. The van der Waals surface area contributed by atoms with Gasteiger partial charge in [-0.05, 0) is 12.8 Å². The molecule has 1 rings (SSSR count). The molecule has 4 N–H and O–H groups in total. The fraction of sp³-hybridized carbons (Fsp3) is 0.957. The Bertz CT molecular complexity index is 1120. The van der Waals surface area contributed by atoms with Crippen LogP contribution < -0.4 is 0 Å². The van der Waals surface area contributed by atoms with E-state index in [9.17, 15) is 37.9 Å². The van der Waals surface area contributed by atoms with E-state index in [1.54, 1.807) is 0 Å². The van der Waals surface area contributed by atoms with E-state index in [0.717, 1.165) is 38.5 Å². The maximum atomic E-state index is 12.8. The SMILES string of the molecule is CCCCCCCCCCCCCCCCCCCCC(=O)OC[C@H](CO[C@H]1O[C@H](CS(=O)(=O)O)[C@@H](O)C(O)C1O)OC(=O)CCCCCCCCCCCCCCCC. The summed E-state index contributed by atoms with van der Waals surface area (Å²) in [6.45, 7) is 3.80. The van der Waals surface area contributed by atoms with E-state index in [2.05, 4.69) is 13.8 Å². The van der Waals surface area contributed by atoms with E-state index in [1.807, 2.05) is 0 Å². The average Bonchev–Trinajstić information content (AvgIpc) is 3.21. The number of esters is 2. The average molecular weight is 879 g/mol. The number of carbonyl (C=O) groups excluding carboxylic acids is 2. The van der Waals surface area contributed by atoms with Gasteiger partial charge in [0.05, 0.1) is 6.61 Å². The predicted molar refractivity (Wildman–Crippen MR) is 238 cm³/mol. The van der Waals surface area contributed by atoms with Gasteiger partial charge in [-0.2, -0.15) is 8.42 Å². The molecule has 356 valence electrons. The normalized spacial score (nSPS) is 20.0. The minimum Gasteiger partial charge on any atom is -0.462 e. The van der Waals surface area contributed by atoms with Crippen LogP contribution in [0.15, 0.2) is 0 Å². The third-order valence-electron chi connectivity index (χ3n) is 11.7. The fourth-order valence-corrected chi connectivity index (χ4v) is 8.55. The number of aliphatic hydroxyl groups excluding tert-OH is 3.